The van der Waals surface area contributed by atoms with Crippen LogP contribution in [-0.2, 0) is 11.8 Å². The second-order valence-electron chi connectivity index (χ2n) is 10.2. The maximum absolute atomic E-state index is 10.9. The Morgan fingerprint density at radius 3 is 2.36 bits per heavy atom. The van der Waals surface area contributed by atoms with Crippen molar-refractivity contribution in [3.05, 3.63) is 108 Å². The van der Waals surface area contributed by atoms with Gasteiger partial charge in [0, 0.05) is 36.0 Å². The molecule has 0 amide bonds. The zero-order chi connectivity index (χ0) is 25.3. The average molecular weight is 478 g/mol. The molecule has 3 nitrogen and oxygen atoms in total. The molecule has 0 saturated heterocycles. The van der Waals surface area contributed by atoms with Gasteiger partial charge < -0.3 is 10.0 Å². The summed E-state index contributed by atoms with van der Waals surface area (Å²) in [4.78, 5) is 3.64. The largest absolute Gasteiger partial charge is 0.507 e. The molecule has 0 fully saturated rings. The third-order valence-corrected chi connectivity index (χ3v) is 8.10. The smallest absolute Gasteiger partial charge is 0.136 e. The fourth-order valence-corrected chi connectivity index (χ4v) is 6.25. The predicted octanol–water partition coefficient (Wildman–Crippen LogP) is 6.13. The van der Waals surface area contributed by atoms with E-state index >= 15 is 0 Å². The number of nitrogens with one attached hydrogen (secondary N) is 1. The molecule has 0 bridgehead atoms. The Bertz CT molecular complexity index is 1390. The molecular weight excluding hydrogens is 440 g/mol. The molecule has 1 heterocycles. The van der Waals surface area contributed by atoms with Crippen molar-refractivity contribution in [2.75, 3.05) is 25.0 Å². The highest BCUT2D eigenvalue weighted by molar-refractivity contribution is 5.90. The van der Waals surface area contributed by atoms with Crippen LogP contribution in [0.1, 0.15) is 37.5 Å². The van der Waals surface area contributed by atoms with Crippen LogP contribution in [0.5, 0.6) is 5.75 Å². The Labute approximate surface area is 215 Å². The van der Waals surface area contributed by atoms with E-state index in [1.807, 2.05) is 12.1 Å². The number of aromatic hydroxyl groups is 1. The summed E-state index contributed by atoms with van der Waals surface area (Å²) in [5.74, 6) is 0.332. The van der Waals surface area contributed by atoms with Gasteiger partial charge >= 0.3 is 0 Å². The summed E-state index contributed by atoms with van der Waals surface area (Å²) in [6.45, 7) is 8.54. The van der Waals surface area contributed by atoms with Crippen molar-refractivity contribution in [3.63, 3.8) is 0 Å². The van der Waals surface area contributed by atoms with Crippen molar-refractivity contribution in [1.82, 2.24) is 0 Å². The van der Waals surface area contributed by atoms with Gasteiger partial charge in [-0.3, -0.25) is 4.90 Å². The van der Waals surface area contributed by atoms with Gasteiger partial charge in [-0.15, -0.1) is 0 Å². The lowest BCUT2D eigenvalue weighted by molar-refractivity contribution is -0.828. The van der Waals surface area contributed by atoms with E-state index in [9.17, 15) is 5.11 Å². The van der Waals surface area contributed by atoms with Crippen LogP contribution in [0.25, 0.3) is 16.8 Å². The zero-order valence-corrected chi connectivity index (χ0v) is 21.8. The first-order valence-corrected chi connectivity index (χ1v) is 13.1. The first-order chi connectivity index (χ1) is 17.5. The molecule has 1 aliphatic heterocycles. The standard InChI is InChI=1S/C33H36N2O/c1-5-35(6-2)27-19-16-26(30(36)22-27)18-21-31-33(3,23-24-12-8-7-9-13-24)32-28-15-11-10-14-25(28)17-20-29(32)34(31)4/h7-22,31,36H,5-6,23H2,1-4H3/p+1/b21-18+. The summed E-state index contributed by atoms with van der Waals surface area (Å²) in [6.07, 6.45) is 5.39. The highest BCUT2D eigenvalue weighted by Gasteiger charge is 2.50. The van der Waals surface area contributed by atoms with Gasteiger partial charge in [0.15, 0.2) is 0 Å². The SMILES string of the molecule is CCN(CC)c1ccc(/C=C/C2[NH+](C)c3ccc4ccccc4c3C2(C)Cc2ccccc2)c(O)c1. The molecule has 1 aliphatic rings. The fraction of sp³-hybridized carbons (Fsp3) is 0.273. The number of benzene rings is 4. The maximum atomic E-state index is 10.9. The van der Waals surface area contributed by atoms with Crippen molar-refractivity contribution in [2.45, 2.75) is 38.6 Å². The van der Waals surface area contributed by atoms with Crippen LogP contribution in [0, 0.1) is 0 Å². The van der Waals surface area contributed by atoms with Crippen molar-refractivity contribution in [2.24, 2.45) is 0 Å². The third kappa shape index (κ3) is 4.18. The normalized spacial score (nSPS) is 21.2. The predicted molar refractivity (Wildman–Crippen MR) is 152 cm³/mol. The number of phenolic OH excluding ortho intramolecular Hbond substituents is 1. The van der Waals surface area contributed by atoms with E-state index < -0.39 is 0 Å². The summed E-state index contributed by atoms with van der Waals surface area (Å²) < 4.78 is 0. The molecule has 3 atom stereocenters. The number of rotatable bonds is 7. The van der Waals surface area contributed by atoms with Crippen LogP contribution in [0.3, 0.4) is 0 Å². The average Bonchev–Trinajstić information content (AvgIpc) is 3.11. The lowest BCUT2D eigenvalue weighted by atomic mass is 9.72. The van der Waals surface area contributed by atoms with Crippen molar-refractivity contribution in [3.8, 4) is 5.75 Å². The summed E-state index contributed by atoms with van der Waals surface area (Å²) in [7, 11) is 2.28. The number of quaternary nitrogens is 1. The molecule has 5 rings (SSSR count). The number of hydrogen-bond donors (Lipinski definition) is 2. The molecule has 4 aromatic rings. The van der Waals surface area contributed by atoms with Crippen LogP contribution in [0.15, 0.2) is 91.0 Å². The Balaban J connectivity index is 1.58. The molecule has 36 heavy (non-hydrogen) atoms. The molecule has 2 N–H and O–H groups in total. The molecule has 3 unspecified atom stereocenters. The van der Waals surface area contributed by atoms with E-state index in [1.165, 1.54) is 32.5 Å². The van der Waals surface area contributed by atoms with Gasteiger partial charge in [-0.05, 0) is 79.9 Å². The van der Waals surface area contributed by atoms with Gasteiger partial charge in [-0.1, -0.05) is 54.6 Å². The first kappa shape index (κ1) is 24.1. The highest BCUT2D eigenvalue weighted by atomic mass is 16.3. The van der Waals surface area contributed by atoms with Crippen LogP contribution in [0.2, 0.25) is 0 Å². The summed E-state index contributed by atoms with van der Waals surface area (Å²) in [5.41, 5.74) is 5.97. The van der Waals surface area contributed by atoms with E-state index in [0.717, 1.165) is 30.8 Å². The van der Waals surface area contributed by atoms with Gasteiger partial charge in [0.05, 0.1) is 12.5 Å². The summed E-state index contributed by atoms with van der Waals surface area (Å²) in [5, 5.41) is 13.5. The molecule has 184 valence electrons. The number of hydrogen-bond acceptors (Lipinski definition) is 2. The molecule has 3 heteroatoms. The highest BCUT2D eigenvalue weighted by Crippen LogP contribution is 2.44. The molecule has 4 aromatic carbocycles. The molecular formula is C33H37N2O+. The maximum Gasteiger partial charge on any atom is 0.136 e. The van der Waals surface area contributed by atoms with E-state index in [0.29, 0.717) is 5.75 Å². The minimum Gasteiger partial charge on any atom is -0.507 e. The van der Waals surface area contributed by atoms with Crippen LogP contribution >= 0.6 is 0 Å². The van der Waals surface area contributed by atoms with Crippen LogP contribution in [-0.4, -0.2) is 31.3 Å². The Morgan fingerprint density at radius 2 is 1.64 bits per heavy atom. The zero-order valence-electron chi connectivity index (χ0n) is 21.8. The van der Waals surface area contributed by atoms with Crippen molar-refractivity contribution < 1.29 is 10.0 Å². The number of nitrogens with zero attached hydrogens (tertiary/aromatic N) is 1. The molecule has 0 aliphatic carbocycles. The van der Waals surface area contributed by atoms with Gasteiger partial charge in [0.1, 0.15) is 17.5 Å². The van der Waals surface area contributed by atoms with Gasteiger partial charge in [-0.25, -0.2) is 0 Å². The summed E-state index contributed by atoms with van der Waals surface area (Å²) >= 11 is 0. The van der Waals surface area contributed by atoms with Crippen molar-refractivity contribution >= 4 is 28.2 Å². The lowest BCUT2D eigenvalue weighted by Gasteiger charge is -2.30. The van der Waals surface area contributed by atoms with E-state index in [1.54, 1.807) is 0 Å². The number of phenols is 1. The molecule has 0 spiro atoms. The van der Waals surface area contributed by atoms with Gasteiger partial charge in [0.25, 0.3) is 0 Å². The summed E-state index contributed by atoms with van der Waals surface area (Å²) in [6, 6.07) is 30.4. The number of anilines is 1. The second kappa shape index (κ2) is 9.83. The minimum absolute atomic E-state index is 0.102. The fourth-order valence-electron chi connectivity index (χ4n) is 6.25. The Kier molecular flexibility index (Phi) is 6.59. The quantitative estimate of drug-likeness (QED) is 0.335. The lowest BCUT2D eigenvalue weighted by Crippen LogP contribution is -3.07. The monoisotopic (exact) mass is 477 g/mol. The van der Waals surface area contributed by atoms with Crippen LogP contribution < -0.4 is 9.80 Å². The van der Waals surface area contributed by atoms with E-state index in [4.69, 9.17) is 0 Å². The number of fused-ring (bicyclic) bond motifs is 3. The molecule has 0 aromatic heterocycles. The van der Waals surface area contributed by atoms with Crippen molar-refractivity contribution in [1.29, 1.82) is 0 Å². The first-order valence-electron chi connectivity index (χ1n) is 13.1. The molecule has 0 radical (unpaired) electrons. The Morgan fingerprint density at radius 1 is 0.917 bits per heavy atom. The van der Waals surface area contributed by atoms with Gasteiger partial charge in [-0.2, -0.15) is 0 Å². The van der Waals surface area contributed by atoms with E-state index in [2.05, 4.69) is 118 Å². The topological polar surface area (TPSA) is 27.9 Å². The van der Waals surface area contributed by atoms with Gasteiger partial charge in [0.2, 0.25) is 0 Å². The second-order valence-corrected chi connectivity index (χ2v) is 10.2. The Hall–Kier alpha value is -3.56. The number of likely N-dealkylation sites (N-methyl/N-ethyl adjacent to an activating group) is 1. The van der Waals surface area contributed by atoms with E-state index in [-0.39, 0.29) is 11.5 Å². The van der Waals surface area contributed by atoms with Crippen LogP contribution in [0.4, 0.5) is 11.4 Å². The molecule has 0 saturated carbocycles. The minimum atomic E-state index is -0.102. The third-order valence-electron chi connectivity index (χ3n) is 8.10.